The van der Waals surface area contributed by atoms with Crippen LogP contribution in [0.15, 0.2) is 55.0 Å². The molecule has 7 heteroatoms. The van der Waals surface area contributed by atoms with E-state index in [0.717, 1.165) is 11.6 Å². The van der Waals surface area contributed by atoms with Crippen molar-refractivity contribution >= 4 is 11.5 Å². The van der Waals surface area contributed by atoms with Gasteiger partial charge in [-0.05, 0) is 31.2 Å². The third kappa shape index (κ3) is 2.81. The summed E-state index contributed by atoms with van der Waals surface area (Å²) >= 11 is 0. The number of rotatable bonds is 3. The molecule has 0 aliphatic rings. The fourth-order valence-electron chi connectivity index (χ4n) is 3.14. The summed E-state index contributed by atoms with van der Waals surface area (Å²) in [5, 5.41) is 0. The van der Waals surface area contributed by atoms with Crippen LogP contribution in [0.4, 0.5) is 8.78 Å². The standard InChI is InChI=1S/C21H15F2N3O2/c1-12-16(21(27)28-2)9-13(10-24-12)14-6-4-8-26-18(14)11-25-20(26)15-5-3-7-17(22)19(15)23/h3-11H,1-2H3. The minimum absolute atomic E-state index is 0.0643. The van der Waals surface area contributed by atoms with Gasteiger partial charge in [0.15, 0.2) is 11.6 Å². The first-order chi connectivity index (χ1) is 13.5. The molecule has 0 saturated carbocycles. The lowest BCUT2D eigenvalue weighted by Crippen LogP contribution is -2.05. The Kier molecular flexibility index (Phi) is 4.35. The molecule has 0 saturated heterocycles. The number of hydrogen-bond donors (Lipinski definition) is 0. The van der Waals surface area contributed by atoms with E-state index in [0.29, 0.717) is 22.3 Å². The van der Waals surface area contributed by atoms with E-state index in [1.807, 2.05) is 6.07 Å². The zero-order chi connectivity index (χ0) is 19.8. The van der Waals surface area contributed by atoms with Crippen LogP contribution in [-0.2, 0) is 4.74 Å². The van der Waals surface area contributed by atoms with Gasteiger partial charge in [-0.3, -0.25) is 9.38 Å². The van der Waals surface area contributed by atoms with E-state index in [1.54, 1.807) is 42.0 Å². The molecule has 0 atom stereocenters. The zero-order valence-electron chi connectivity index (χ0n) is 15.1. The minimum atomic E-state index is -0.953. The molecular weight excluding hydrogens is 364 g/mol. The van der Waals surface area contributed by atoms with Crippen molar-refractivity contribution < 1.29 is 18.3 Å². The molecule has 0 N–H and O–H groups in total. The number of aryl methyl sites for hydroxylation is 1. The van der Waals surface area contributed by atoms with E-state index in [4.69, 9.17) is 4.74 Å². The average Bonchev–Trinajstić information content (AvgIpc) is 3.14. The van der Waals surface area contributed by atoms with E-state index in [-0.39, 0.29) is 11.4 Å². The first kappa shape index (κ1) is 17.8. The molecule has 1 aromatic carbocycles. The predicted octanol–water partition coefficient (Wildman–Crippen LogP) is 4.44. The highest BCUT2D eigenvalue weighted by atomic mass is 19.2. The number of fused-ring (bicyclic) bond motifs is 1. The summed E-state index contributed by atoms with van der Waals surface area (Å²) in [5.74, 6) is -2.09. The first-order valence-electron chi connectivity index (χ1n) is 8.47. The molecule has 3 aromatic heterocycles. The highest BCUT2D eigenvalue weighted by Gasteiger charge is 2.17. The van der Waals surface area contributed by atoms with Crippen molar-refractivity contribution in [3.8, 4) is 22.5 Å². The molecule has 0 radical (unpaired) electrons. The van der Waals surface area contributed by atoms with Crippen molar-refractivity contribution in [2.24, 2.45) is 0 Å². The molecule has 0 aliphatic heterocycles. The number of imidazole rings is 1. The molecule has 0 amide bonds. The predicted molar refractivity (Wildman–Crippen MR) is 99.9 cm³/mol. The van der Waals surface area contributed by atoms with Gasteiger partial charge in [-0.2, -0.15) is 0 Å². The molecule has 140 valence electrons. The van der Waals surface area contributed by atoms with Gasteiger partial charge < -0.3 is 4.74 Å². The topological polar surface area (TPSA) is 56.5 Å². The quantitative estimate of drug-likeness (QED) is 0.494. The molecule has 5 nitrogen and oxygen atoms in total. The van der Waals surface area contributed by atoms with Crippen molar-refractivity contribution in [1.29, 1.82) is 0 Å². The monoisotopic (exact) mass is 379 g/mol. The second-order valence-electron chi connectivity index (χ2n) is 6.21. The number of carbonyl (C=O) groups excluding carboxylic acids is 1. The second-order valence-corrected chi connectivity index (χ2v) is 6.21. The van der Waals surface area contributed by atoms with Crippen molar-refractivity contribution in [1.82, 2.24) is 14.4 Å². The van der Waals surface area contributed by atoms with Crippen LogP contribution in [0, 0.1) is 18.6 Å². The minimum Gasteiger partial charge on any atom is -0.465 e. The van der Waals surface area contributed by atoms with E-state index >= 15 is 0 Å². The van der Waals surface area contributed by atoms with Crippen molar-refractivity contribution in [2.45, 2.75) is 6.92 Å². The lowest BCUT2D eigenvalue weighted by molar-refractivity contribution is 0.0599. The third-order valence-electron chi connectivity index (χ3n) is 4.57. The highest BCUT2D eigenvalue weighted by molar-refractivity contribution is 5.93. The second kappa shape index (κ2) is 6.84. The lowest BCUT2D eigenvalue weighted by atomic mass is 10.0. The zero-order valence-corrected chi connectivity index (χ0v) is 15.1. The van der Waals surface area contributed by atoms with E-state index in [2.05, 4.69) is 9.97 Å². The first-order valence-corrected chi connectivity index (χ1v) is 8.47. The van der Waals surface area contributed by atoms with E-state index in [9.17, 15) is 13.6 Å². The van der Waals surface area contributed by atoms with E-state index < -0.39 is 17.6 Å². The van der Waals surface area contributed by atoms with Crippen LogP contribution in [0.2, 0.25) is 0 Å². The van der Waals surface area contributed by atoms with Gasteiger partial charge in [-0.1, -0.05) is 12.1 Å². The maximum Gasteiger partial charge on any atom is 0.339 e. The number of nitrogens with zero attached hydrogens (tertiary/aromatic N) is 3. The average molecular weight is 379 g/mol. The Morgan fingerprint density at radius 1 is 1.07 bits per heavy atom. The molecule has 0 spiro atoms. The van der Waals surface area contributed by atoms with Gasteiger partial charge in [0.05, 0.1) is 35.6 Å². The van der Waals surface area contributed by atoms with Gasteiger partial charge >= 0.3 is 5.97 Å². The van der Waals surface area contributed by atoms with Crippen LogP contribution in [0.3, 0.4) is 0 Å². The molecule has 0 aliphatic carbocycles. The van der Waals surface area contributed by atoms with Crippen LogP contribution in [0.25, 0.3) is 28.0 Å². The summed E-state index contributed by atoms with van der Waals surface area (Å²) in [6.45, 7) is 1.72. The molecule has 4 rings (SSSR count). The van der Waals surface area contributed by atoms with Gasteiger partial charge in [0, 0.05) is 23.5 Å². The van der Waals surface area contributed by atoms with Gasteiger partial charge in [-0.25, -0.2) is 18.6 Å². The number of carbonyl (C=O) groups is 1. The summed E-state index contributed by atoms with van der Waals surface area (Å²) in [6.07, 6.45) is 4.94. The lowest BCUT2D eigenvalue weighted by Gasteiger charge is -2.09. The van der Waals surface area contributed by atoms with Crippen LogP contribution >= 0.6 is 0 Å². The SMILES string of the molecule is COC(=O)c1cc(-c2cccn3c(-c4cccc(F)c4F)ncc23)cnc1C. The summed E-state index contributed by atoms with van der Waals surface area (Å²) in [7, 11) is 1.31. The van der Waals surface area contributed by atoms with Crippen LogP contribution in [0.1, 0.15) is 16.1 Å². The fraction of sp³-hybridized carbons (Fsp3) is 0.0952. The summed E-state index contributed by atoms with van der Waals surface area (Å²) in [4.78, 5) is 20.6. The normalized spacial score (nSPS) is 11.0. The van der Waals surface area contributed by atoms with Crippen molar-refractivity contribution in [2.75, 3.05) is 7.11 Å². The van der Waals surface area contributed by atoms with Crippen molar-refractivity contribution in [3.05, 3.63) is 77.9 Å². The van der Waals surface area contributed by atoms with Crippen molar-refractivity contribution in [3.63, 3.8) is 0 Å². The Labute approximate surface area is 159 Å². The molecule has 4 aromatic rings. The summed E-state index contributed by atoms with van der Waals surface area (Å²) in [5.41, 5.74) is 3.08. The smallest absolute Gasteiger partial charge is 0.339 e. The number of halogens is 2. The fourth-order valence-corrected chi connectivity index (χ4v) is 3.14. The summed E-state index contributed by atoms with van der Waals surface area (Å²) in [6, 6.07) is 9.28. The van der Waals surface area contributed by atoms with Gasteiger partial charge in [0.2, 0.25) is 0 Å². The highest BCUT2D eigenvalue weighted by Crippen LogP contribution is 2.30. The number of esters is 1. The maximum atomic E-state index is 14.3. The number of pyridine rings is 2. The van der Waals surface area contributed by atoms with Crippen LogP contribution in [-0.4, -0.2) is 27.4 Å². The molecule has 3 heterocycles. The molecule has 0 fully saturated rings. The Morgan fingerprint density at radius 2 is 1.86 bits per heavy atom. The Hall–Kier alpha value is -3.61. The number of methoxy groups -OCH3 is 1. The number of hydrogen-bond acceptors (Lipinski definition) is 4. The maximum absolute atomic E-state index is 14.3. The number of aromatic nitrogens is 3. The molecule has 28 heavy (non-hydrogen) atoms. The molecule has 0 bridgehead atoms. The third-order valence-corrected chi connectivity index (χ3v) is 4.57. The molecule has 0 unspecified atom stereocenters. The van der Waals surface area contributed by atoms with E-state index in [1.165, 1.54) is 19.2 Å². The van der Waals surface area contributed by atoms with Gasteiger partial charge in [-0.15, -0.1) is 0 Å². The largest absolute Gasteiger partial charge is 0.465 e. The van der Waals surface area contributed by atoms with Crippen LogP contribution in [0.5, 0.6) is 0 Å². The number of benzene rings is 1. The van der Waals surface area contributed by atoms with Gasteiger partial charge in [0.1, 0.15) is 5.82 Å². The Bertz CT molecular complexity index is 1220. The molecular formula is C21H15F2N3O2. The summed E-state index contributed by atoms with van der Waals surface area (Å²) < 4.78 is 34.4. The number of ether oxygens (including phenoxy) is 1. The van der Waals surface area contributed by atoms with Crippen LogP contribution < -0.4 is 0 Å². The Balaban J connectivity index is 1.91. The Morgan fingerprint density at radius 3 is 2.64 bits per heavy atom. The van der Waals surface area contributed by atoms with Gasteiger partial charge in [0.25, 0.3) is 0 Å².